The molecular weight excluding hydrogens is 406 g/mol. The standard InChI is InChI=1S/C22H19N9O/c1-13-7-6-10-17(14(13)2)25-19-20(27-22-21(26-19)30-32-31-22)29-24-12-16-11-23-28-18(16)15-8-4-3-5-9-15/h3-12H,1-2H3,(H,23,28)(H,25,26,30)(H,27,29,31). The van der Waals surface area contributed by atoms with E-state index in [1.807, 2.05) is 49.4 Å². The SMILES string of the molecule is Cc1cccc(Nc2nc3nonc3nc2NN=Cc2cn[nH]c2-c2ccccc2)c1C. The molecule has 0 spiro atoms. The maximum absolute atomic E-state index is 4.76. The van der Waals surface area contributed by atoms with Gasteiger partial charge >= 0.3 is 0 Å². The molecule has 0 radical (unpaired) electrons. The van der Waals surface area contributed by atoms with Crippen LogP contribution in [0.25, 0.3) is 22.6 Å². The summed E-state index contributed by atoms with van der Waals surface area (Å²) in [5, 5.41) is 22.4. The molecule has 0 fully saturated rings. The van der Waals surface area contributed by atoms with Gasteiger partial charge in [0.05, 0.1) is 18.1 Å². The number of hydrogen-bond acceptors (Lipinski definition) is 9. The molecule has 3 aromatic heterocycles. The number of hydrogen-bond donors (Lipinski definition) is 3. The van der Waals surface area contributed by atoms with Gasteiger partial charge in [0.15, 0.2) is 11.6 Å². The second kappa shape index (κ2) is 8.26. The van der Waals surface area contributed by atoms with Gasteiger partial charge in [0, 0.05) is 16.8 Å². The largest absolute Gasteiger partial charge is 0.337 e. The Labute approximate surface area is 182 Å². The molecule has 3 N–H and O–H groups in total. The topological polar surface area (TPSA) is 130 Å². The third-order valence-corrected chi connectivity index (χ3v) is 5.08. The summed E-state index contributed by atoms with van der Waals surface area (Å²) < 4.78 is 4.76. The third-order valence-electron chi connectivity index (χ3n) is 5.08. The Morgan fingerprint density at radius 2 is 1.72 bits per heavy atom. The molecule has 0 saturated heterocycles. The van der Waals surface area contributed by atoms with Crippen LogP contribution in [0.15, 0.2) is 64.5 Å². The van der Waals surface area contributed by atoms with E-state index in [-0.39, 0.29) is 5.65 Å². The van der Waals surface area contributed by atoms with Crippen molar-refractivity contribution >= 4 is 34.8 Å². The van der Waals surface area contributed by atoms with Crippen LogP contribution in [0.2, 0.25) is 0 Å². The maximum atomic E-state index is 4.76. The van der Waals surface area contributed by atoms with Gasteiger partial charge in [0.25, 0.3) is 0 Å². The number of benzene rings is 2. The lowest BCUT2D eigenvalue weighted by molar-refractivity contribution is 0.314. The summed E-state index contributed by atoms with van der Waals surface area (Å²) in [6.45, 7) is 4.09. The van der Waals surface area contributed by atoms with E-state index in [1.54, 1.807) is 12.4 Å². The fraction of sp³-hybridized carbons (Fsp3) is 0.0909. The van der Waals surface area contributed by atoms with E-state index in [1.165, 1.54) is 0 Å². The molecular formula is C22H19N9O. The predicted octanol–water partition coefficient (Wildman–Crippen LogP) is 4.21. The molecule has 10 heteroatoms. The van der Waals surface area contributed by atoms with Crippen LogP contribution >= 0.6 is 0 Å². The van der Waals surface area contributed by atoms with Crippen LogP contribution < -0.4 is 10.7 Å². The second-order valence-corrected chi connectivity index (χ2v) is 7.14. The maximum Gasteiger partial charge on any atom is 0.245 e. The molecule has 0 unspecified atom stereocenters. The van der Waals surface area contributed by atoms with Gasteiger partial charge in [-0.3, -0.25) is 10.5 Å². The Hall–Kier alpha value is -4.60. The Balaban J connectivity index is 1.45. The molecule has 10 nitrogen and oxygen atoms in total. The lowest BCUT2D eigenvalue weighted by Gasteiger charge is -2.12. The Bertz CT molecular complexity index is 1410. The number of aryl methyl sites for hydroxylation is 1. The fourth-order valence-electron chi connectivity index (χ4n) is 3.21. The summed E-state index contributed by atoms with van der Waals surface area (Å²) in [5.74, 6) is 0.838. The van der Waals surface area contributed by atoms with Crippen LogP contribution in [0.5, 0.6) is 0 Å². The highest BCUT2D eigenvalue weighted by atomic mass is 16.6. The normalized spacial score (nSPS) is 11.3. The first-order chi connectivity index (χ1) is 15.7. The minimum atomic E-state index is 0.280. The number of nitrogens with one attached hydrogen (secondary N) is 3. The minimum absolute atomic E-state index is 0.280. The summed E-state index contributed by atoms with van der Waals surface area (Å²) in [4.78, 5) is 8.93. The Morgan fingerprint density at radius 1 is 0.938 bits per heavy atom. The lowest BCUT2D eigenvalue weighted by atomic mass is 10.1. The molecule has 2 aromatic carbocycles. The summed E-state index contributed by atoms with van der Waals surface area (Å²) >= 11 is 0. The number of aromatic amines is 1. The van der Waals surface area contributed by atoms with Gasteiger partial charge in [-0.1, -0.05) is 42.5 Å². The zero-order valence-corrected chi connectivity index (χ0v) is 17.4. The zero-order chi connectivity index (χ0) is 21.9. The van der Waals surface area contributed by atoms with Gasteiger partial charge in [-0.25, -0.2) is 9.61 Å². The van der Waals surface area contributed by atoms with E-state index < -0.39 is 0 Å². The molecule has 0 aliphatic rings. The van der Waals surface area contributed by atoms with Crippen molar-refractivity contribution in [3.05, 3.63) is 71.4 Å². The molecule has 0 amide bonds. The molecule has 0 atom stereocenters. The van der Waals surface area contributed by atoms with Crippen LogP contribution in [-0.4, -0.2) is 36.7 Å². The second-order valence-electron chi connectivity index (χ2n) is 7.14. The number of hydrazone groups is 1. The third kappa shape index (κ3) is 3.76. The van der Waals surface area contributed by atoms with Crippen molar-refractivity contribution in [1.29, 1.82) is 0 Å². The highest BCUT2D eigenvalue weighted by Gasteiger charge is 2.14. The van der Waals surface area contributed by atoms with Gasteiger partial charge < -0.3 is 5.32 Å². The molecule has 0 bridgehead atoms. The molecule has 0 aliphatic heterocycles. The number of nitrogens with zero attached hydrogens (tertiary/aromatic N) is 6. The minimum Gasteiger partial charge on any atom is -0.337 e. The van der Waals surface area contributed by atoms with Crippen molar-refractivity contribution in [3.63, 3.8) is 0 Å². The van der Waals surface area contributed by atoms with Crippen LogP contribution in [0.3, 0.4) is 0 Å². The van der Waals surface area contributed by atoms with Crippen LogP contribution in [0.4, 0.5) is 17.3 Å². The van der Waals surface area contributed by atoms with Gasteiger partial charge in [-0.15, -0.1) is 0 Å². The number of aromatic nitrogens is 6. The quantitative estimate of drug-likeness (QED) is 0.272. The summed E-state index contributed by atoms with van der Waals surface area (Å²) in [6.07, 6.45) is 3.37. The van der Waals surface area contributed by atoms with Gasteiger partial charge in [-0.05, 0) is 41.4 Å². The number of anilines is 3. The van der Waals surface area contributed by atoms with E-state index in [0.29, 0.717) is 17.3 Å². The van der Waals surface area contributed by atoms with Crippen molar-refractivity contribution in [2.24, 2.45) is 5.10 Å². The number of H-pyrrole nitrogens is 1. The lowest BCUT2D eigenvalue weighted by Crippen LogP contribution is -2.04. The molecule has 0 saturated carbocycles. The van der Waals surface area contributed by atoms with Crippen LogP contribution in [-0.2, 0) is 0 Å². The molecule has 3 heterocycles. The Kier molecular flexibility index (Phi) is 5.00. The highest BCUT2D eigenvalue weighted by molar-refractivity contribution is 5.89. The number of fused-ring (bicyclic) bond motifs is 1. The average Bonchev–Trinajstić information content (AvgIpc) is 3.47. The summed E-state index contributed by atoms with van der Waals surface area (Å²) in [6, 6.07) is 15.9. The van der Waals surface area contributed by atoms with Crippen LogP contribution in [0, 0.1) is 13.8 Å². The highest BCUT2D eigenvalue weighted by Crippen LogP contribution is 2.27. The molecule has 5 aromatic rings. The first kappa shape index (κ1) is 19.4. The van der Waals surface area contributed by atoms with Crippen molar-refractivity contribution < 1.29 is 4.63 Å². The van der Waals surface area contributed by atoms with Gasteiger partial charge in [0.1, 0.15) is 0 Å². The molecule has 158 valence electrons. The Morgan fingerprint density at radius 3 is 2.53 bits per heavy atom. The molecule has 32 heavy (non-hydrogen) atoms. The van der Waals surface area contributed by atoms with Crippen molar-refractivity contribution in [1.82, 2.24) is 30.5 Å². The summed E-state index contributed by atoms with van der Waals surface area (Å²) in [5.41, 5.74) is 9.40. The fourth-order valence-corrected chi connectivity index (χ4v) is 3.21. The van der Waals surface area contributed by atoms with Gasteiger partial charge in [-0.2, -0.15) is 15.2 Å². The van der Waals surface area contributed by atoms with Crippen molar-refractivity contribution in [2.45, 2.75) is 13.8 Å². The van der Waals surface area contributed by atoms with E-state index in [9.17, 15) is 0 Å². The average molecular weight is 425 g/mol. The smallest absolute Gasteiger partial charge is 0.245 e. The predicted molar refractivity (Wildman–Crippen MR) is 122 cm³/mol. The number of rotatable bonds is 6. The van der Waals surface area contributed by atoms with Crippen molar-refractivity contribution in [3.8, 4) is 11.3 Å². The molecule has 0 aliphatic carbocycles. The molecule has 5 rings (SSSR count). The van der Waals surface area contributed by atoms with E-state index in [4.69, 9.17) is 4.63 Å². The summed E-state index contributed by atoms with van der Waals surface area (Å²) in [7, 11) is 0. The van der Waals surface area contributed by atoms with E-state index >= 15 is 0 Å². The monoisotopic (exact) mass is 425 g/mol. The van der Waals surface area contributed by atoms with E-state index in [0.717, 1.165) is 33.6 Å². The van der Waals surface area contributed by atoms with Crippen molar-refractivity contribution in [2.75, 3.05) is 10.7 Å². The van der Waals surface area contributed by atoms with Crippen LogP contribution in [0.1, 0.15) is 16.7 Å². The first-order valence-electron chi connectivity index (χ1n) is 9.90. The van der Waals surface area contributed by atoms with Gasteiger partial charge in [0.2, 0.25) is 11.3 Å². The van der Waals surface area contributed by atoms with E-state index in [2.05, 4.69) is 59.3 Å². The first-order valence-corrected chi connectivity index (χ1v) is 9.90. The zero-order valence-electron chi connectivity index (χ0n) is 17.4.